The molecule has 0 aliphatic carbocycles. The number of hydrogen-bond acceptors (Lipinski definition) is 7. The molecule has 4 rings (SSSR count). The van der Waals surface area contributed by atoms with Crippen LogP contribution in [-0.4, -0.2) is 69.7 Å². The average Bonchev–Trinajstić information content (AvgIpc) is 2.87. The van der Waals surface area contributed by atoms with Crippen LogP contribution in [0.3, 0.4) is 0 Å². The summed E-state index contributed by atoms with van der Waals surface area (Å²) < 4.78 is 0. The molecule has 0 bridgehead atoms. The van der Waals surface area contributed by atoms with Gasteiger partial charge in [-0.3, -0.25) is 14.6 Å². The number of pyridine rings is 1. The number of nitrogens with one attached hydrogen (secondary N) is 1. The number of hydrogen-bond donors (Lipinski definition) is 2. The summed E-state index contributed by atoms with van der Waals surface area (Å²) in [4.78, 5) is 33.0. The van der Waals surface area contributed by atoms with Gasteiger partial charge in [0.25, 0.3) is 11.8 Å². The van der Waals surface area contributed by atoms with Gasteiger partial charge < -0.3 is 20.2 Å². The maximum Gasteiger partial charge on any atom is 0.271 e. The van der Waals surface area contributed by atoms with Crippen molar-refractivity contribution in [1.29, 1.82) is 0 Å². The van der Waals surface area contributed by atoms with Crippen LogP contribution < -0.4 is 10.2 Å². The molecule has 0 unspecified atom stereocenters. The predicted octanol–water partition coefficient (Wildman–Crippen LogP) is 2.65. The van der Waals surface area contributed by atoms with Gasteiger partial charge in [0.2, 0.25) is 0 Å². The summed E-state index contributed by atoms with van der Waals surface area (Å²) in [5, 5.41) is 20.7. The summed E-state index contributed by atoms with van der Waals surface area (Å²) >= 11 is 0. The SMILES string of the molecule is CCCNC(=O)c1ccc(N2CCN(C(=O)c3ccc(-c4cncc(O)c4)c(C)c3)CC2)nn1. The molecule has 1 fully saturated rings. The molecule has 9 heteroatoms. The molecule has 1 saturated heterocycles. The Morgan fingerprint density at radius 3 is 2.47 bits per heavy atom. The third kappa shape index (κ3) is 5.14. The average molecular weight is 461 g/mol. The van der Waals surface area contributed by atoms with E-state index in [0.717, 1.165) is 23.1 Å². The van der Waals surface area contributed by atoms with Crippen molar-refractivity contribution >= 4 is 17.6 Å². The Hall–Kier alpha value is -4.01. The molecule has 2 aromatic heterocycles. The summed E-state index contributed by atoms with van der Waals surface area (Å²) in [6.45, 7) is 6.94. The van der Waals surface area contributed by atoms with Crippen LogP contribution in [0, 0.1) is 6.92 Å². The van der Waals surface area contributed by atoms with Crippen molar-refractivity contribution in [2.75, 3.05) is 37.6 Å². The number of aromatic nitrogens is 3. The minimum Gasteiger partial charge on any atom is -0.506 e. The number of piperazine rings is 1. The smallest absolute Gasteiger partial charge is 0.271 e. The Morgan fingerprint density at radius 2 is 1.82 bits per heavy atom. The van der Waals surface area contributed by atoms with Crippen LogP contribution in [0.5, 0.6) is 5.75 Å². The molecule has 9 nitrogen and oxygen atoms in total. The van der Waals surface area contributed by atoms with Gasteiger partial charge in [0.1, 0.15) is 5.75 Å². The molecule has 0 radical (unpaired) electrons. The van der Waals surface area contributed by atoms with E-state index >= 15 is 0 Å². The molecule has 2 amide bonds. The lowest BCUT2D eigenvalue weighted by molar-refractivity contribution is 0.0746. The van der Waals surface area contributed by atoms with Crippen LogP contribution in [0.25, 0.3) is 11.1 Å². The second-order valence-corrected chi connectivity index (χ2v) is 8.27. The van der Waals surface area contributed by atoms with Crippen molar-refractivity contribution in [2.24, 2.45) is 0 Å². The summed E-state index contributed by atoms with van der Waals surface area (Å²) in [5.74, 6) is 0.559. The molecule has 1 aliphatic rings. The lowest BCUT2D eigenvalue weighted by atomic mass is 9.99. The van der Waals surface area contributed by atoms with Crippen LogP contribution in [-0.2, 0) is 0 Å². The Bertz CT molecular complexity index is 1170. The lowest BCUT2D eigenvalue weighted by Gasteiger charge is -2.35. The number of carbonyl (C=O) groups excluding carboxylic acids is 2. The van der Waals surface area contributed by atoms with Crippen molar-refractivity contribution < 1.29 is 14.7 Å². The summed E-state index contributed by atoms with van der Waals surface area (Å²) in [6, 6.07) is 10.7. The van der Waals surface area contributed by atoms with Crippen LogP contribution in [0.2, 0.25) is 0 Å². The first-order valence-corrected chi connectivity index (χ1v) is 11.4. The first kappa shape index (κ1) is 23.2. The topological polar surface area (TPSA) is 112 Å². The third-order valence-corrected chi connectivity index (χ3v) is 5.82. The fraction of sp³-hybridized carbons (Fsp3) is 0.320. The number of carbonyl (C=O) groups is 2. The zero-order valence-electron chi connectivity index (χ0n) is 19.4. The Morgan fingerprint density at radius 1 is 1.03 bits per heavy atom. The van der Waals surface area contributed by atoms with Crippen LogP contribution >= 0.6 is 0 Å². The zero-order valence-corrected chi connectivity index (χ0v) is 19.4. The van der Waals surface area contributed by atoms with E-state index in [-0.39, 0.29) is 17.6 Å². The Balaban J connectivity index is 1.37. The fourth-order valence-electron chi connectivity index (χ4n) is 3.96. The summed E-state index contributed by atoms with van der Waals surface area (Å²) in [5.41, 5.74) is 3.60. The molecule has 2 N–H and O–H groups in total. The van der Waals surface area contributed by atoms with Crippen molar-refractivity contribution in [3.8, 4) is 16.9 Å². The van der Waals surface area contributed by atoms with Crippen molar-refractivity contribution in [3.63, 3.8) is 0 Å². The van der Waals surface area contributed by atoms with Crippen LogP contribution in [0.15, 0.2) is 48.8 Å². The molecule has 34 heavy (non-hydrogen) atoms. The van der Waals surface area contributed by atoms with E-state index in [1.54, 1.807) is 24.4 Å². The highest BCUT2D eigenvalue weighted by Crippen LogP contribution is 2.26. The number of amides is 2. The van der Waals surface area contributed by atoms with E-state index in [1.807, 2.05) is 36.9 Å². The van der Waals surface area contributed by atoms with Crippen LogP contribution in [0.1, 0.15) is 39.8 Å². The second-order valence-electron chi connectivity index (χ2n) is 8.27. The number of nitrogens with zero attached hydrogens (tertiary/aromatic N) is 5. The van der Waals surface area contributed by atoms with Gasteiger partial charge in [-0.2, -0.15) is 0 Å². The molecule has 0 saturated carbocycles. The molecule has 3 aromatic rings. The highest BCUT2D eigenvalue weighted by atomic mass is 16.3. The van der Waals surface area contributed by atoms with E-state index in [1.165, 1.54) is 6.20 Å². The van der Waals surface area contributed by atoms with Crippen molar-refractivity contribution in [2.45, 2.75) is 20.3 Å². The molecule has 0 spiro atoms. The van der Waals surface area contributed by atoms with Crippen molar-refractivity contribution in [1.82, 2.24) is 25.4 Å². The lowest BCUT2D eigenvalue weighted by Crippen LogP contribution is -2.49. The molecular weight excluding hydrogens is 432 g/mol. The Kier molecular flexibility index (Phi) is 7.01. The monoisotopic (exact) mass is 460 g/mol. The van der Waals surface area contributed by atoms with Gasteiger partial charge in [0.05, 0.1) is 6.20 Å². The van der Waals surface area contributed by atoms with Gasteiger partial charge in [-0.25, -0.2) is 0 Å². The molecule has 1 aromatic carbocycles. The largest absolute Gasteiger partial charge is 0.506 e. The van der Waals surface area contributed by atoms with Crippen molar-refractivity contribution in [3.05, 3.63) is 65.6 Å². The number of benzene rings is 1. The standard InChI is InChI=1S/C25H28N6O3/c1-3-8-27-24(33)22-6-7-23(29-28-22)30-9-11-31(12-10-30)25(34)18-4-5-21(17(2)13-18)19-14-20(32)16-26-15-19/h4-7,13-16,32H,3,8-12H2,1-2H3,(H,27,33). The minimum absolute atomic E-state index is 0.0163. The minimum atomic E-state index is -0.224. The number of aromatic hydroxyl groups is 1. The van der Waals surface area contributed by atoms with Gasteiger partial charge in [-0.15, -0.1) is 10.2 Å². The van der Waals surface area contributed by atoms with E-state index in [2.05, 4.69) is 25.4 Å². The fourth-order valence-corrected chi connectivity index (χ4v) is 3.96. The first-order chi connectivity index (χ1) is 16.5. The third-order valence-electron chi connectivity index (χ3n) is 5.82. The molecule has 176 valence electrons. The number of rotatable bonds is 6. The molecule has 3 heterocycles. The molecular formula is C25H28N6O3. The van der Waals surface area contributed by atoms with E-state index in [4.69, 9.17) is 0 Å². The summed E-state index contributed by atoms with van der Waals surface area (Å²) in [7, 11) is 0. The van der Waals surface area contributed by atoms with Gasteiger partial charge in [0.15, 0.2) is 11.5 Å². The van der Waals surface area contributed by atoms with Gasteiger partial charge in [-0.1, -0.05) is 13.0 Å². The Labute approximate surface area is 198 Å². The quantitative estimate of drug-likeness (QED) is 0.582. The van der Waals surface area contributed by atoms with E-state index in [0.29, 0.717) is 49.8 Å². The summed E-state index contributed by atoms with van der Waals surface area (Å²) in [6.07, 6.45) is 3.94. The first-order valence-electron chi connectivity index (χ1n) is 11.4. The maximum atomic E-state index is 13.1. The highest BCUT2D eigenvalue weighted by Gasteiger charge is 2.24. The highest BCUT2D eigenvalue weighted by molar-refractivity contribution is 5.95. The van der Waals surface area contributed by atoms with Gasteiger partial charge in [0, 0.05) is 50.0 Å². The van der Waals surface area contributed by atoms with E-state index in [9.17, 15) is 14.7 Å². The predicted molar refractivity (Wildman–Crippen MR) is 129 cm³/mol. The number of aryl methyl sites for hydroxylation is 1. The van der Waals surface area contributed by atoms with Crippen LogP contribution in [0.4, 0.5) is 5.82 Å². The van der Waals surface area contributed by atoms with Gasteiger partial charge in [-0.05, 0) is 54.8 Å². The number of anilines is 1. The maximum absolute atomic E-state index is 13.1. The van der Waals surface area contributed by atoms with Gasteiger partial charge >= 0.3 is 0 Å². The normalized spacial score (nSPS) is 13.6. The molecule has 0 atom stereocenters. The second kappa shape index (κ2) is 10.3. The molecule has 1 aliphatic heterocycles. The zero-order chi connectivity index (χ0) is 24.1. The van der Waals surface area contributed by atoms with E-state index < -0.39 is 0 Å².